The number of aromatic amines is 1. The van der Waals surface area contributed by atoms with Crippen LogP contribution in [0.4, 0.5) is 35.3 Å². The van der Waals surface area contributed by atoms with E-state index >= 15 is 0 Å². The fourth-order valence-electron chi connectivity index (χ4n) is 4.52. The second kappa shape index (κ2) is 9.51. The van der Waals surface area contributed by atoms with Gasteiger partial charge in [0.1, 0.15) is 11.3 Å². The summed E-state index contributed by atoms with van der Waals surface area (Å²) >= 11 is 0. The summed E-state index contributed by atoms with van der Waals surface area (Å²) in [5.74, 6) is 0.659. The number of para-hydroxylation sites is 1. The highest BCUT2D eigenvalue weighted by atomic mass is 19.4. The average molecular weight is 513 g/mol. The maximum Gasteiger partial charge on any atom is 0.418 e. The third-order valence-electron chi connectivity index (χ3n) is 6.45. The molecule has 194 valence electrons. The summed E-state index contributed by atoms with van der Waals surface area (Å²) in [6, 6.07) is 7.45. The van der Waals surface area contributed by atoms with Gasteiger partial charge in [-0.3, -0.25) is 4.90 Å². The van der Waals surface area contributed by atoms with Gasteiger partial charge < -0.3 is 20.5 Å². The van der Waals surface area contributed by atoms with Gasteiger partial charge in [-0.15, -0.1) is 0 Å². The standard InChI is InChI=1S/C25H27F3N8O/c1-14(2)35-7-9-36(10-8-35)24(37)33-20-12-17(11-19-22(20)31-15(3)30-19)32-23-29-13-16-5-4-6-18(21(16)34-23)25(26,27)28/h4-6,11-14H,7-10H2,1-3H3,(H,30,31)(H,33,37)(H,29,32,34). The number of benzene rings is 2. The number of fused-ring (bicyclic) bond motifs is 2. The zero-order chi connectivity index (χ0) is 26.3. The van der Waals surface area contributed by atoms with Crippen molar-refractivity contribution < 1.29 is 18.0 Å². The molecule has 9 nitrogen and oxygen atoms in total. The Labute approximate surface area is 211 Å². The van der Waals surface area contributed by atoms with E-state index in [0.29, 0.717) is 47.4 Å². The predicted octanol–water partition coefficient (Wildman–Crippen LogP) is 5.13. The van der Waals surface area contributed by atoms with Gasteiger partial charge in [0.05, 0.1) is 22.3 Å². The molecule has 4 aromatic rings. The largest absolute Gasteiger partial charge is 0.418 e. The number of imidazole rings is 1. The summed E-state index contributed by atoms with van der Waals surface area (Å²) in [5, 5.41) is 6.21. The van der Waals surface area contributed by atoms with Gasteiger partial charge in [0.15, 0.2) is 0 Å². The van der Waals surface area contributed by atoms with E-state index < -0.39 is 11.7 Å². The first-order chi connectivity index (χ1) is 17.6. The van der Waals surface area contributed by atoms with Crippen molar-refractivity contribution in [2.45, 2.75) is 33.0 Å². The molecule has 2 amide bonds. The SMILES string of the molecule is Cc1nc2c(NC(=O)N3CCN(C(C)C)CC3)cc(Nc3ncc4cccc(C(F)(F)F)c4n3)cc2[nH]1. The fraction of sp³-hybridized carbons (Fsp3) is 0.360. The molecule has 5 rings (SSSR count). The van der Waals surface area contributed by atoms with Gasteiger partial charge in [0.2, 0.25) is 5.95 Å². The molecule has 0 bridgehead atoms. The molecule has 0 radical (unpaired) electrons. The third kappa shape index (κ3) is 5.15. The Morgan fingerprint density at radius 3 is 2.54 bits per heavy atom. The van der Waals surface area contributed by atoms with Crippen molar-refractivity contribution in [2.24, 2.45) is 0 Å². The van der Waals surface area contributed by atoms with Gasteiger partial charge in [0, 0.05) is 49.5 Å². The normalized spacial score (nSPS) is 15.1. The maximum absolute atomic E-state index is 13.5. The maximum atomic E-state index is 13.5. The van der Waals surface area contributed by atoms with Gasteiger partial charge in [-0.1, -0.05) is 12.1 Å². The minimum Gasteiger partial charge on any atom is -0.342 e. The number of hydrogen-bond acceptors (Lipinski definition) is 6. The number of piperazine rings is 1. The molecule has 3 heterocycles. The second-order valence-electron chi connectivity index (χ2n) is 9.35. The summed E-state index contributed by atoms with van der Waals surface area (Å²) < 4.78 is 40.5. The van der Waals surface area contributed by atoms with Crippen LogP contribution in [0.3, 0.4) is 0 Å². The number of anilines is 3. The number of carbonyl (C=O) groups excluding carboxylic acids is 1. The van der Waals surface area contributed by atoms with Crippen LogP contribution in [-0.2, 0) is 6.18 Å². The highest BCUT2D eigenvalue weighted by Gasteiger charge is 2.33. The second-order valence-corrected chi connectivity index (χ2v) is 9.35. The van der Waals surface area contributed by atoms with E-state index in [2.05, 4.69) is 49.3 Å². The minimum absolute atomic E-state index is 0.00173. The minimum atomic E-state index is -4.55. The van der Waals surface area contributed by atoms with Gasteiger partial charge in [-0.05, 0) is 39.0 Å². The lowest BCUT2D eigenvalue weighted by molar-refractivity contribution is -0.136. The van der Waals surface area contributed by atoms with Gasteiger partial charge in [0.25, 0.3) is 0 Å². The smallest absolute Gasteiger partial charge is 0.342 e. The van der Waals surface area contributed by atoms with E-state index in [1.807, 2.05) is 0 Å². The Bertz CT molecular complexity index is 1460. The molecular weight excluding hydrogens is 485 g/mol. The molecule has 2 aromatic carbocycles. The number of H-pyrrole nitrogens is 1. The van der Waals surface area contributed by atoms with Crippen LogP contribution < -0.4 is 10.6 Å². The van der Waals surface area contributed by atoms with E-state index in [9.17, 15) is 18.0 Å². The molecule has 1 aliphatic heterocycles. The molecule has 3 N–H and O–H groups in total. The average Bonchev–Trinajstić information content (AvgIpc) is 3.23. The van der Waals surface area contributed by atoms with E-state index in [1.165, 1.54) is 18.3 Å². The lowest BCUT2D eigenvalue weighted by Crippen LogP contribution is -2.51. The molecule has 1 aliphatic rings. The van der Waals surface area contributed by atoms with Crippen molar-refractivity contribution >= 4 is 45.3 Å². The molecule has 37 heavy (non-hydrogen) atoms. The summed E-state index contributed by atoms with van der Waals surface area (Å²) in [6.45, 7) is 8.87. The number of amides is 2. The van der Waals surface area contributed by atoms with Crippen LogP contribution in [0.5, 0.6) is 0 Å². The van der Waals surface area contributed by atoms with Crippen LogP contribution in [0.15, 0.2) is 36.5 Å². The Balaban J connectivity index is 1.43. The first kappa shape index (κ1) is 24.8. The van der Waals surface area contributed by atoms with Gasteiger partial charge in [-0.25, -0.2) is 19.7 Å². The number of urea groups is 1. The lowest BCUT2D eigenvalue weighted by Gasteiger charge is -2.36. The molecule has 12 heteroatoms. The molecule has 2 aromatic heterocycles. The van der Waals surface area contributed by atoms with E-state index in [0.717, 1.165) is 19.2 Å². The Kier molecular flexibility index (Phi) is 6.36. The monoisotopic (exact) mass is 512 g/mol. The van der Waals surface area contributed by atoms with Crippen molar-refractivity contribution in [3.8, 4) is 0 Å². The van der Waals surface area contributed by atoms with Gasteiger partial charge in [-0.2, -0.15) is 13.2 Å². The summed E-state index contributed by atoms with van der Waals surface area (Å²) in [6.07, 6.45) is -3.20. The Morgan fingerprint density at radius 1 is 1.08 bits per heavy atom. The Hall–Kier alpha value is -3.93. The van der Waals surface area contributed by atoms with Crippen molar-refractivity contribution in [3.05, 3.63) is 47.9 Å². The van der Waals surface area contributed by atoms with Crippen molar-refractivity contribution in [2.75, 3.05) is 36.8 Å². The summed E-state index contributed by atoms with van der Waals surface area (Å²) in [5.41, 5.74) is 1.16. The van der Waals surface area contributed by atoms with E-state index in [4.69, 9.17) is 0 Å². The highest BCUT2D eigenvalue weighted by molar-refractivity contribution is 6.01. The van der Waals surface area contributed by atoms with Crippen molar-refractivity contribution in [1.29, 1.82) is 0 Å². The van der Waals surface area contributed by atoms with Crippen LogP contribution in [-0.4, -0.2) is 68.0 Å². The predicted molar refractivity (Wildman–Crippen MR) is 136 cm³/mol. The topological polar surface area (TPSA) is 102 Å². The lowest BCUT2D eigenvalue weighted by atomic mass is 10.1. The van der Waals surface area contributed by atoms with Crippen LogP contribution in [0.1, 0.15) is 25.2 Å². The molecule has 0 atom stereocenters. The summed E-state index contributed by atoms with van der Waals surface area (Å²) in [4.78, 5) is 33.1. The van der Waals surface area contributed by atoms with Crippen LogP contribution in [0.2, 0.25) is 0 Å². The Morgan fingerprint density at radius 2 is 1.84 bits per heavy atom. The number of rotatable bonds is 4. The molecule has 0 unspecified atom stereocenters. The third-order valence-corrected chi connectivity index (χ3v) is 6.45. The molecule has 0 spiro atoms. The number of carbonyl (C=O) groups is 1. The molecular formula is C25H27F3N8O. The first-order valence-corrected chi connectivity index (χ1v) is 12.0. The van der Waals surface area contributed by atoms with Gasteiger partial charge >= 0.3 is 12.2 Å². The fourth-order valence-corrected chi connectivity index (χ4v) is 4.52. The molecule has 0 saturated carbocycles. The van der Waals surface area contributed by atoms with Crippen LogP contribution in [0.25, 0.3) is 21.9 Å². The number of halogens is 3. The van der Waals surface area contributed by atoms with Crippen molar-refractivity contribution in [1.82, 2.24) is 29.7 Å². The number of nitrogens with zero attached hydrogens (tertiary/aromatic N) is 5. The first-order valence-electron chi connectivity index (χ1n) is 12.0. The molecule has 0 aliphatic carbocycles. The number of aryl methyl sites for hydroxylation is 1. The molecule has 1 saturated heterocycles. The number of nitrogens with one attached hydrogen (secondary N) is 3. The zero-order valence-electron chi connectivity index (χ0n) is 20.6. The van der Waals surface area contributed by atoms with E-state index in [1.54, 1.807) is 24.0 Å². The van der Waals surface area contributed by atoms with Crippen LogP contribution in [0, 0.1) is 6.92 Å². The van der Waals surface area contributed by atoms with E-state index in [-0.39, 0.29) is 22.9 Å². The molecule has 1 fully saturated rings. The van der Waals surface area contributed by atoms with Crippen molar-refractivity contribution in [3.63, 3.8) is 0 Å². The zero-order valence-corrected chi connectivity index (χ0v) is 20.6. The quantitative estimate of drug-likeness (QED) is 0.350. The summed E-state index contributed by atoms with van der Waals surface area (Å²) in [7, 11) is 0. The number of aromatic nitrogens is 4. The number of hydrogen-bond donors (Lipinski definition) is 3. The highest BCUT2D eigenvalue weighted by Crippen LogP contribution is 2.34. The number of alkyl halides is 3. The van der Waals surface area contributed by atoms with Crippen LogP contribution >= 0.6 is 0 Å².